The van der Waals surface area contributed by atoms with Crippen LogP contribution in [0.3, 0.4) is 0 Å². The van der Waals surface area contributed by atoms with Gasteiger partial charge in [0.25, 0.3) is 0 Å². The summed E-state index contributed by atoms with van der Waals surface area (Å²) in [4.78, 5) is 6.67. The van der Waals surface area contributed by atoms with Gasteiger partial charge in [0, 0.05) is 31.0 Å². The topological polar surface area (TPSA) is 48.4 Å². The Kier molecular flexibility index (Phi) is 5.22. The molecule has 116 valence electrons. The van der Waals surface area contributed by atoms with E-state index in [1.165, 1.54) is 51.6 Å². The molecule has 1 aromatic rings. The molecule has 1 aliphatic carbocycles. The third kappa shape index (κ3) is 4.02. The maximum absolute atomic E-state index is 10.2. The van der Waals surface area contributed by atoms with Crippen molar-refractivity contribution in [3.63, 3.8) is 0 Å². The molecule has 1 saturated heterocycles. The number of aliphatic hydroxyl groups is 1. The Hall–Kier alpha value is -0.970. The van der Waals surface area contributed by atoms with Crippen molar-refractivity contribution in [2.45, 2.75) is 56.7 Å². The highest BCUT2D eigenvalue weighted by atomic mass is 16.3. The predicted octanol–water partition coefficient (Wildman–Crippen LogP) is 2.11. The van der Waals surface area contributed by atoms with Gasteiger partial charge in [0.2, 0.25) is 0 Å². The molecule has 1 saturated carbocycles. The van der Waals surface area contributed by atoms with Crippen LogP contribution in [0.1, 0.15) is 50.2 Å². The largest absolute Gasteiger partial charge is 0.387 e. The number of piperidine rings is 1. The van der Waals surface area contributed by atoms with E-state index in [1.807, 2.05) is 12.1 Å². The van der Waals surface area contributed by atoms with Crippen LogP contribution in [0, 0.1) is 0 Å². The Morgan fingerprint density at radius 2 is 1.81 bits per heavy atom. The number of aromatic nitrogens is 1. The van der Waals surface area contributed by atoms with Gasteiger partial charge in [-0.3, -0.25) is 4.98 Å². The van der Waals surface area contributed by atoms with Gasteiger partial charge in [-0.1, -0.05) is 12.8 Å². The zero-order chi connectivity index (χ0) is 14.5. The molecule has 0 spiro atoms. The fourth-order valence-corrected chi connectivity index (χ4v) is 3.72. The van der Waals surface area contributed by atoms with Gasteiger partial charge in [-0.15, -0.1) is 0 Å². The van der Waals surface area contributed by atoms with Gasteiger partial charge in [0.15, 0.2) is 0 Å². The molecule has 2 heterocycles. The van der Waals surface area contributed by atoms with Crippen LogP contribution in [0.5, 0.6) is 0 Å². The average molecular weight is 289 g/mol. The maximum atomic E-state index is 10.2. The fourth-order valence-electron chi connectivity index (χ4n) is 3.72. The first-order valence-electron chi connectivity index (χ1n) is 8.38. The minimum absolute atomic E-state index is 0.430. The molecule has 1 atom stereocenters. The van der Waals surface area contributed by atoms with Crippen molar-refractivity contribution in [1.82, 2.24) is 15.2 Å². The highest BCUT2D eigenvalue weighted by molar-refractivity contribution is 5.13. The lowest BCUT2D eigenvalue weighted by atomic mass is 10.0. The lowest BCUT2D eigenvalue weighted by Gasteiger charge is -2.36. The summed E-state index contributed by atoms with van der Waals surface area (Å²) in [6.07, 6.45) is 11.1. The summed E-state index contributed by atoms with van der Waals surface area (Å²) >= 11 is 0. The fraction of sp³-hybridized carbons (Fsp3) is 0.706. The number of pyridine rings is 1. The van der Waals surface area contributed by atoms with E-state index in [-0.39, 0.29) is 0 Å². The lowest BCUT2D eigenvalue weighted by Crippen LogP contribution is -2.46. The van der Waals surface area contributed by atoms with Crippen LogP contribution in [0.15, 0.2) is 24.5 Å². The first kappa shape index (κ1) is 14.9. The normalized spacial score (nSPS) is 23.5. The highest BCUT2D eigenvalue weighted by Crippen LogP contribution is 2.26. The Bertz CT molecular complexity index is 411. The van der Waals surface area contributed by atoms with E-state index in [0.29, 0.717) is 12.6 Å². The molecule has 1 aliphatic heterocycles. The number of hydrogen-bond donors (Lipinski definition) is 2. The summed E-state index contributed by atoms with van der Waals surface area (Å²) in [6.45, 7) is 3.07. The molecule has 0 radical (unpaired) electrons. The summed E-state index contributed by atoms with van der Waals surface area (Å²) in [5, 5.41) is 13.7. The maximum Gasteiger partial charge on any atom is 0.0915 e. The van der Waals surface area contributed by atoms with E-state index in [2.05, 4.69) is 15.2 Å². The van der Waals surface area contributed by atoms with Gasteiger partial charge in [0.1, 0.15) is 0 Å². The van der Waals surface area contributed by atoms with E-state index >= 15 is 0 Å². The molecule has 21 heavy (non-hydrogen) atoms. The minimum atomic E-state index is -0.430. The molecule has 0 amide bonds. The van der Waals surface area contributed by atoms with Gasteiger partial charge in [0.05, 0.1) is 6.10 Å². The van der Waals surface area contributed by atoms with Crippen molar-refractivity contribution in [2.75, 3.05) is 19.6 Å². The van der Waals surface area contributed by atoms with Crippen molar-refractivity contribution in [3.8, 4) is 0 Å². The summed E-state index contributed by atoms with van der Waals surface area (Å²) in [7, 11) is 0. The van der Waals surface area contributed by atoms with E-state index in [4.69, 9.17) is 0 Å². The molecule has 0 aromatic carbocycles. The first-order valence-corrected chi connectivity index (χ1v) is 8.38. The third-order valence-electron chi connectivity index (χ3n) is 5.06. The molecule has 0 bridgehead atoms. The average Bonchev–Trinajstić information content (AvgIpc) is 3.08. The number of rotatable bonds is 5. The zero-order valence-corrected chi connectivity index (χ0v) is 12.7. The molecule has 4 nitrogen and oxygen atoms in total. The molecule has 2 fully saturated rings. The number of nitrogens with zero attached hydrogens (tertiary/aromatic N) is 2. The van der Waals surface area contributed by atoms with E-state index in [1.54, 1.807) is 12.4 Å². The molecule has 1 aromatic heterocycles. The molecule has 4 heteroatoms. The smallest absolute Gasteiger partial charge is 0.0915 e. The number of hydrogen-bond acceptors (Lipinski definition) is 4. The van der Waals surface area contributed by atoms with Gasteiger partial charge >= 0.3 is 0 Å². The van der Waals surface area contributed by atoms with Gasteiger partial charge in [-0.05, 0) is 56.5 Å². The number of likely N-dealkylation sites (tertiary alicyclic amines) is 1. The molecule has 1 unspecified atom stereocenters. The molecule has 3 rings (SSSR count). The monoisotopic (exact) mass is 289 g/mol. The van der Waals surface area contributed by atoms with Crippen molar-refractivity contribution < 1.29 is 5.11 Å². The van der Waals surface area contributed by atoms with Crippen LogP contribution in [0.4, 0.5) is 0 Å². The Morgan fingerprint density at radius 3 is 2.48 bits per heavy atom. The van der Waals surface area contributed by atoms with Crippen molar-refractivity contribution in [3.05, 3.63) is 30.1 Å². The first-order chi connectivity index (χ1) is 10.3. The summed E-state index contributed by atoms with van der Waals surface area (Å²) < 4.78 is 0. The van der Waals surface area contributed by atoms with Crippen molar-refractivity contribution in [2.24, 2.45) is 0 Å². The van der Waals surface area contributed by atoms with Crippen LogP contribution in [-0.4, -0.2) is 46.7 Å². The molecule has 2 aliphatic rings. The van der Waals surface area contributed by atoms with Gasteiger partial charge in [-0.2, -0.15) is 0 Å². The summed E-state index contributed by atoms with van der Waals surface area (Å²) in [5.74, 6) is 0. The van der Waals surface area contributed by atoms with Crippen LogP contribution < -0.4 is 5.32 Å². The SMILES string of the molecule is OC(CNC1CCN(C2CCCC2)CC1)c1ccncc1. The standard InChI is InChI=1S/C17H27N3O/c21-17(14-5-9-18-10-6-14)13-19-15-7-11-20(12-8-15)16-3-1-2-4-16/h5-6,9-10,15-17,19,21H,1-4,7-8,11-13H2. The van der Waals surface area contributed by atoms with Crippen molar-refractivity contribution >= 4 is 0 Å². The number of aliphatic hydroxyl groups excluding tert-OH is 1. The molecule has 2 N–H and O–H groups in total. The van der Waals surface area contributed by atoms with Crippen LogP contribution in [-0.2, 0) is 0 Å². The van der Waals surface area contributed by atoms with E-state index < -0.39 is 6.10 Å². The second-order valence-corrected chi connectivity index (χ2v) is 6.45. The Balaban J connectivity index is 1.39. The Morgan fingerprint density at radius 1 is 1.14 bits per heavy atom. The van der Waals surface area contributed by atoms with Crippen molar-refractivity contribution in [1.29, 1.82) is 0 Å². The van der Waals surface area contributed by atoms with Gasteiger partial charge < -0.3 is 15.3 Å². The van der Waals surface area contributed by atoms with Crippen LogP contribution in [0.2, 0.25) is 0 Å². The second-order valence-electron chi connectivity index (χ2n) is 6.45. The van der Waals surface area contributed by atoms with E-state index in [0.717, 1.165) is 11.6 Å². The van der Waals surface area contributed by atoms with Crippen LogP contribution in [0.25, 0.3) is 0 Å². The lowest BCUT2D eigenvalue weighted by molar-refractivity contribution is 0.129. The summed E-state index contributed by atoms with van der Waals surface area (Å²) in [6, 6.07) is 5.18. The third-order valence-corrected chi connectivity index (χ3v) is 5.06. The second kappa shape index (κ2) is 7.34. The minimum Gasteiger partial charge on any atom is -0.387 e. The number of nitrogens with one attached hydrogen (secondary N) is 1. The Labute approximate surface area is 127 Å². The van der Waals surface area contributed by atoms with Crippen LogP contribution >= 0.6 is 0 Å². The summed E-state index contributed by atoms with van der Waals surface area (Å²) in [5.41, 5.74) is 0.945. The van der Waals surface area contributed by atoms with E-state index in [9.17, 15) is 5.11 Å². The quantitative estimate of drug-likeness (QED) is 0.871. The molecular formula is C17H27N3O. The molecular weight excluding hydrogens is 262 g/mol. The highest BCUT2D eigenvalue weighted by Gasteiger charge is 2.27. The predicted molar refractivity (Wildman–Crippen MR) is 84.1 cm³/mol. The zero-order valence-electron chi connectivity index (χ0n) is 12.7. The van der Waals surface area contributed by atoms with Gasteiger partial charge in [-0.25, -0.2) is 0 Å².